The van der Waals surface area contributed by atoms with E-state index < -0.39 is 19.8 Å². The molecule has 0 bridgehead atoms. The molecule has 186 valence electrons. The van der Waals surface area contributed by atoms with Gasteiger partial charge >= 0.3 is 0 Å². The van der Waals surface area contributed by atoms with Gasteiger partial charge in [0.2, 0.25) is 5.91 Å². The monoisotopic (exact) mass is 496 g/mol. The molecule has 7 nitrogen and oxygen atoms in total. The van der Waals surface area contributed by atoms with Gasteiger partial charge in [-0.05, 0) is 50.2 Å². The van der Waals surface area contributed by atoms with Crippen LogP contribution in [-0.4, -0.2) is 42.1 Å². The number of ether oxygens (including phenoxy) is 1. The Labute approximate surface area is 206 Å². The number of carbonyl (C=O) groups excluding carboxylic acids is 2. The second kappa shape index (κ2) is 11.0. The smallest absolute Gasteiger partial charge is 0.253 e. The standard InChI is InChI=1S/C26H33FN4O3Si/c1-7-24(32)30-19-8-9-23(27)20(13-19)18-12-21-22(26(33)29-17(2)3)15-31(25(21)28-14-18)16-34-10-11-35(4,5)6/h7-9,12-15,17H,1,10-11,16H2,2-6H3,(H,29,33)(H,30,32). The molecular formula is C26H33FN4O3Si. The summed E-state index contributed by atoms with van der Waals surface area (Å²) in [6, 6.07) is 7.01. The second-order valence-electron chi connectivity index (χ2n) is 9.97. The van der Waals surface area contributed by atoms with Crippen LogP contribution in [0.2, 0.25) is 25.7 Å². The van der Waals surface area contributed by atoms with Crippen LogP contribution in [0.25, 0.3) is 22.2 Å². The van der Waals surface area contributed by atoms with Crippen molar-refractivity contribution in [3.63, 3.8) is 0 Å². The predicted molar refractivity (Wildman–Crippen MR) is 141 cm³/mol. The van der Waals surface area contributed by atoms with Gasteiger partial charge in [0.25, 0.3) is 5.91 Å². The SMILES string of the molecule is C=CC(=O)Nc1ccc(F)c(-c2cnc3c(c2)c(C(=O)NC(C)C)cn3COCC[Si](C)(C)C)c1. The quantitative estimate of drug-likeness (QED) is 0.223. The van der Waals surface area contributed by atoms with Crippen LogP contribution < -0.4 is 10.6 Å². The van der Waals surface area contributed by atoms with Crippen molar-refractivity contribution in [3.05, 3.63) is 60.7 Å². The van der Waals surface area contributed by atoms with Crippen LogP contribution in [0.5, 0.6) is 0 Å². The highest BCUT2D eigenvalue weighted by molar-refractivity contribution is 6.76. The van der Waals surface area contributed by atoms with Crippen LogP contribution in [0.4, 0.5) is 10.1 Å². The largest absolute Gasteiger partial charge is 0.361 e. The number of halogens is 1. The number of hydrogen-bond donors (Lipinski definition) is 2. The summed E-state index contributed by atoms with van der Waals surface area (Å²) in [6.45, 7) is 15.0. The third kappa shape index (κ3) is 6.86. The van der Waals surface area contributed by atoms with E-state index in [2.05, 4.69) is 41.8 Å². The van der Waals surface area contributed by atoms with E-state index in [1.165, 1.54) is 18.2 Å². The maximum Gasteiger partial charge on any atom is 0.253 e. The second-order valence-corrected chi connectivity index (χ2v) is 15.6. The number of fused-ring (bicyclic) bond motifs is 1. The first-order valence-corrected chi connectivity index (χ1v) is 15.3. The maximum atomic E-state index is 14.8. The molecule has 0 aliphatic carbocycles. The Morgan fingerprint density at radius 1 is 1.26 bits per heavy atom. The first-order chi connectivity index (χ1) is 16.5. The Hall–Kier alpha value is -3.30. The van der Waals surface area contributed by atoms with Gasteiger partial charge < -0.3 is 19.9 Å². The Morgan fingerprint density at radius 3 is 2.66 bits per heavy atom. The van der Waals surface area contributed by atoms with Crippen molar-refractivity contribution in [3.8, 4) is 11.1 Å². The Morgan fingerprint density at radius 2 is 2.00 bits per heavy atom. The van der Waals surface area contributed by atoms with Crippen molar-refractivity contribution in [2.45, 2.75) is 52.3 Å². The first-order valence-electron chi connectivity index (χ1n) is 11.6. The molecule has 2 aromatic heterocycles. The van der Waals surface area contributed by atoms with Gasteiger partial charge in [-0.1, -0.05) is 26.2 Å². The van der Waals surface area contributed by atoms with Gasteiger partial charge in [0.05, 0.1) is 5.56 Å². The molecule has 0 saturated heterocycles. The summed E-state index contributed by atoms with van der Waals surface area (Å²) < 4.78 is 22.4. The number of amides is 2. The number of pyridine rings is 1. The van der Waals surface area contributed by atoms with E-state index in [0.717, 1.165) is 12.1 Å². The van der Waals surface area contributed by atoms with E-state index in [1.54, 1.807) is 23.0 Å². The van der Waals surface area contributed by atoms with Gasteiger partial charge in [0.1, 0.15) is 18.2 Å². The number of benzene rings is 1. The fourth-order valence-electron chi connectivity index (χ4n) is 3.50. The number of aromatic nitrogens is 2. The highest BCUT2D eigenvalue weighted by Gasteiger charge is 2.19. The zero-order chi connectivity index (χ0) is 25.8. The lowest BCUT2D eigenvalue weighted by atomic mass is 10.0. The summed E-state index contributed by atoms with van der Waals surface area (Å²) >= 11 is 0. The molecule has 9 heteroatoms. The average Bonchev–Trinajstić information content (AvgIpc) is 3.15. The zero-order valence-corrected chi connectivity index (χ0v) is 21.9. The van der Waals surface area contributed by atoms with Crippen LogP contribution in [-0.2, 0) is 16.3 Å². The molecule has 2 N–H and O–H groups in total. The Balaban J connectivity index is 2.01. The fraction of sp³-hybridized carbons (Fsp3) is 0.346. The number of anilines is 1. The van der Waals surface area contributed by atoms with E-state index in [1.807, 2.05) is 13.8 Å². The molecule has 0 unspecified atom stereocenters. The van der Waals surface area contributed by atoms with Crippen LogP contribution in [0.1, 0.15) is 24.2 Å². The third-order valence-corrected chi connectivity index (χ3v) is 7.04. The molecule has 0 fully saturated rings. The van der Waals surface area contributed by atoms with Crippen molar-refractivity contribution >= 4 is 36.6 Å². The van der Waals surface area contributed by atoms with Gasteiger partial charge in [-0.15, -0.1) is 0 Å². The number of rotatable bonds is 10. The van der Waals surface area contributed by atoms with Crippen LogP contribution >= 0.6 is 0 Å². The van der Waals surface area contributed by atoms with Gasteiger partial charge in [-0.2, -0.15) is 0 Å². The minimum atomic E-state index is -1.23. The van der Waals surface area contributed by atoms with Crippen molar-refractivity contribution in [1.82, 2.24) is 14.9 Å². The predicted octanol–water partition coefficient (Wildman–Crippen LogP) is 5.42. The van der Waals surface area contributed by atoms with Gasteiger partial charge in [-0.3, -0.25) is 9.59 Å². The normalized spacial score (nSPS) is 11.6. The van der Waals surface area contributed by atoms with Gasteiger partial charge in [0, 0.05) is 55.3 Å². The van der Waals surface area contributed by atoms with E-state index in [-0.39, 0.29) is 24.2 Å². The van der Waals surface area contributed by atoms with Gasteiger partial charge in [-0.25, -0.2) is 9.37 Å². The Bertz CT molecular complexity index is 1250. The van der Waals surface area contributed by atoms with Crippen molar-refractivity contribution in [2.24, 2.45) is 0 Å². The minimum Gasteiger partial charge on any atom is -0.361 e. The highest BCUT2D eigenvalue weighted by atomic mass is 28.3. The molecule has 0 spiro atoms. The van der Waals surface area contributed by atoms with E-state index in [9.17, 15) is 14.0 Å². The van der Waals surface area contributed by atoms with E-state index in [4.69, 9.17) is 4.74 Å². The number of nitrogens with zero attached hydrogens (tertiary/aromatic N) is 2. The van der Waals surface area contributed by atoms with Crippen LogP contribution in [0.3, 0.4) is 0 Å². The molecule has 0 aliphatic heterocycles. The minimum absolute atomic E-state index is 0.0485. The summed E-state index contributed by atoms with van der Waals surface area (Å²) in [7, 11) is -1.23. The molecule has 2 amide bonds. The van der Waals surface area contributed by atoms with Crippen molar-refractivity contribution in [1.29, 1.82) is 0 Å². The highest BCUT2D eigenvalue weighted by Crippen LogP contribution is 2.30. The third-order valence-electron chi connectivity index (χ3n) is 5.34. The fourth-order valence-corrected chi connectivity index (χ4v) is 4.25. The molecule has 2 heterocycles. The summed E-state index contributed by atoms with van der Waals surface area (Å²) in [4.78, 5) is 29.2. The van der Waals surface area contributed by atoms with Crippen LogP contribution in [0, 0.1) is 5.82 Å². The molecule has 0 aliphatic rings. The topological polar surface area (TPSA) is 85.3 Å². The summed E-state index contributed by atoms with van der Waals surface area (Å²) in [5.41, 5.74) is 2.19. The summed E-state index contributed by atoms with van der Waals surface area (Å²) in [6.07, 6.45) is 4.43. The lowest BCUT2D eigenvalue weighted by Gasteiger charge is -2.15. The Kier molecular flexibility index (Phi) is 8.24. The number of nitrogens with one attached hydrogen (secondary N) is 2. The molecule has 3 rings (SSSR count). The van der Waals surface area contributed by atoms with E-state index >= 15 is 0 Å². The lowest BCUT2D eigenvalue weighted by Crippen LogP contribution is -2.29. The summed E-state index contributed by atoms with van der Waals surface area (Å²) in [5, 5.41) is 6.14. The van der Waals surface area contributed by atoms with Crippen molar-refractivity contribution in [2.75, 3.05) is 11.9 Å². The molecule has 35 heavy (non-hydrogen) atoms. The molecule has 0 radical (unpaired) electrons. The van der Waals surface area contributed by atoms with Gasteiger partial charge in [0.15, 0.2) is 0 Å². The molecule has 3 aromatic rings. The first kappa shape index (κ1) is 26.3. The number of carbonyl (C=O) groups is 2. The maximum absolute atomic E-state index is 14.8. The molecule has 1 aromatic carbocycles. The molecular weight excluding hydrogens is 463 g/mol. The zero-order valence-electron chi connectivity index (χ0n) is 20.9. The van der Waals surface area contributed by atoms with Crippen LogP contribution in [0.15, 0.2) is 49.3 Å². The number of hydrogen-bond acceptors (Lipinski definition) is 4. The summed E-state index contributed by atoms with van der Waals surface area (Å²) in [5.74, 6) is -1.10. The van der Waals surface area contributed by atoms with E-state index in [0.29, 0.717) is 34.5 Å². The lowest BCUT2D eigenvalue weighted by molar-refractivity contribution is -0.111. The average molecular weight is 497 g/mol. The molecule has 0 atom stereocenters. The van der Waals surface area contributed by atoms with Crippen molar-refractivity contribution < 1.29 is 18.7 Å². The molecule has 0 saturated carbocycles.